The third-order valence-corrected chi connectivity index (χ3v) is 4.71. The number of hydrogen-bond donors (Lipinski definition) is 1. The molecule has 0 aliphatic rings. The quantitative estimate of drug-likeness (QED) is 0.444. The van der Waals surface area contributed by atoms with Crippen LogP contribution in [0.4, 0.5) is 19.0 Å². The summed E-state index contributed by atoms with van der Waals surface area (Å²) in [6.07, 6.45) is -0.251. The van der Waals surface area contributed by atoms with Crippen molar-refractivity contribution in [2.45, 2.75) is 26.3 Å². The van der Waals surface area contributed by atoms with E-state index >= 15 is 0 Å². The van der Waals surface area contributed by atoms with E-state index in [9.17, 15) is 13.2 Å². The molecule has 0 bridgehead atoms. The van der Waals surface area contributed by atoms with E-state index in [1.54, 1.807) is 12.1 Å². The number of pyridine rings is 1. The van der Waals surface area contributed by atoms with Crippen LogP contribution in [0.2, 0.25) is 0 Å². The van der Waals surface area contributed by atoms with Gasteiger partial charge in [-0.05, 0) is 50.2 Å². The molecule has 0 amide bonds. The molecule has 10 heteroatoms. The zero-order valence-electron chi connectivity index (χ0n) is 17.3. The van der Waals surface area contributed by atoms with Crippen molar-refractivity contribution in [1.82, 2.24) is 25.1 Å². The Bertz CT molecular complexity index is 1220. The normalized spacial score (nSPS) is 12.2. The molecule has 0 saturated heterocycles. The minimum absolute atomic E-state index is 0.150. The molecule has 4 aromatic rings. The maximum atomic E-state index is 13.3. The molecule has 164 valence electrons. The molecular weight excluding hydrogens is 421 g/mol. The molecule has 3 heterocycles. The molecule has 4 rings (SSSR count). The van der Waals surface area contributed by atoms with Gasteiger partial charge in [-0.1, -0.05) is 0 Å². The van der Waals surface area contributed by atoms with Crippen molar-refractivity contribution in [3.05, 3.63) is 66.1 Å². The number of fused-ring (bicyclic) bond motifs is 1. The summed E-state index contributed by atoms with van der Waals surface area (Å²) in [7, 11) is 0. The highest BCUT2D eigenvalue weighted by Gasteiger charge is 2.17. The predicted octanol–water partition coefficient (Wildman–Crippen LogP) is 4.75. The number of alkyl halides is 2. The van der Waals surface area contributed by atoms with E-state index in [1.807, 2.05) is 26.0 Å². The Labute approximate surface area is 181 Å². The molecule has 32 heavy (non-hydrogen) atoms. The minimum Gasteiger partial charge on any atom is -0.485 e. The van der Waals surface area contributed by atoms with Gasteiger partial charge in [0.15, 0.2) is 0 Å². The van der Waals surface area contributed by atoms with Crippen molar-refractivity contribution < 1.29 is 17.9 Å². The maximum absolute atomic E-state index is 13.3. The van der Waals surface area contributed by atoms with Gasteiger partial charge < -0.3 is 10.1 Å². The number of benzene rings is 1. The Balaban J connectivity index is 1.78. The highest BCUT2D eigenvalue weighted by Crippen LogP contribution is 2.34. The Kier molecular flexibility index (Phi) is 6.11. The summed E-state index contributed by atoms with van der Waals surface area (Å²) < 4.78 is 44.3. The van der Waals surface area contributed by atoms with Gasteiger partial charge >= 0.3 is 0 Å². The van der Waals surface area contributed by atoms with E-state index in [4.69, 9.17) is 4.74 Å². The van der Waals surface area contributed by atoms with Crippen molar-refractivity contribution in [2.24, 2.45) is 0 Å². The van der Waals surface area contributed by atoms with Crippen molar-refractivity contribution in [3.63, 3.8) is 0 Å². The monoisotopic (exact) mass is 440 g/mol. The summed E-state index contributed by atoms with van der Waals surface area (Å²) in [4.78, 5) is 12.6. The van der Waals surface area contributed by atoms with Gasteiger partial charge in [0.1, 0.15) is 35.8 Å². The number of halogens is 3. The number of nitrogens with zero attached hydrogens (tertiary/aromatic N) is 5. The topological polar surface area (TPSA) is 85.7 Å². The molecule has 7 nitrogen and oxygen atoms in total. The summed E-state index contributed by atoms with van der Waals surface area (Å²) in [5, 5.41) is 12.0. The summed E-state index contributed by atoms with van der Waals surface area (Å²) in [6.45, 7) is 2.95. The molecule has 3 aromatic heterocycles. The summed E-state index contributed by atoms with van der Waals surface area (Å²) in [5.74, 6) is 0.121. The molecule has 1 atom stereocenters. The van der Waals surface area contributed by atoms with Crippen LogP contribution in [-0.4, -0.2) is 38.2 Å². The number of nitrogens with one attached hydrogen (secondary N) is 1. The lowest BCUT2D eigenvalue weighted by Crippen LogP contribution is -2.12. The van der Waals surface area contributed by atoms with E-state index in [-0.39, 0.29) is 11.8 Å². The molecule has 0 aliphatic heterocycles. The van der Waals surface area contributed by atoms with Gasteiger partial charge in [0.25, 0.3) is 6.43 Å². The fourth-order valence-electron chi connectivity index (χ4n) is 3.13. The second-order valence-corrected chi connectivity index (χ2v) is 7.12. The number of rotatable bonds is 7. The van der Waals surface area contributed by atoms with Gasteiger partial charge in [-0.25, -0.2) is 23.1 Å². The molecule has 0 aliphatic carbocycles. The van der Waals surface area contributed by atoms with E-state index in [0.717, 1.165) is 11.9 Å². The van der Waals surface area contributed by atoms with Crippen LogP contribution in [0.15, 0.2) is 48.9 Å². The van der Waals surface area contributed by atoms with Crippen LogP contribution in [0, 0.1) is 12.7 Å². The summed E-state index contributed by atoms with van der Waals surface area (Å²) in [5.41, 5.74) is 2.85. The lowest BCUT2D eigenvalue weighted by molar-refractivity contribution is 0.0826. The smallest absolute Gasteiger partial charge is 0.272 e. The van der Waals surface area contributed by atoms with Crippen molar-refractivity contribution >= 4 is 16.7 Å². The third kappa shape index (κ3) is 4.74. The zero-order valence-corrected chi connectivity index (χ0v) is 17.3. The Morgan fingerprint density at radius 3 is 2.56 bits per heavy atom. The van der Waals surface area contributed by atoms with Crippen LogP contribution in [0.1, 0.15) is 24.4 Å². The summed E-state index contributed by atoms with van der Waals surface area (Å²) in [6, 6.07) is 9.53. The van der Waals surface area contributed by atoms with Crippen molar-refractivity contribution in [2.75, 3.05) is 11.9 Å². The van der Waals surface area contributed by atoms with E-state index < -0.39 is 18.8 Å². The van der Waals surface area contributed by atoms with E-state index in [1.165, 1.54) is 18.5 Å². The lowest BCUT2D eigenvalue weighted by Gasteiger charge is -2.17. The van der Waals surface area contributed by atoms with Crippen LogP contribution in [-0.2, 0) is 0 Å². The molecule has 0 spiro atoms. The van der Waals surface area contributed by atoms with Crippen LogP contribution < -0.4 is 10.1 Å². The highest BCUT2D eigenvalue weighted by molar-refractivity contribution is 5.96. The van der Waals surface area contributed by atoms with Gasteiger partial charge in [0.05, 0.1) is 29.3 Å². The van der Waals surface area contributed by atoms with Crippen LogP contribution in [0.3, 0.4) is 0 Å². The fourth-order valence-corrected chi connectivity index (χ4v) is 3.13. The number of ether oxygens (including phenoxy) is 1. The first-order chi connectivity index (χ1) is 15.4. The lowest BCUT2D eigenvalue weighted by atomic mass is 10.1. The Morgan fingerprint density at radius 1 is 1.03 bits per heavy atom. The van der Waals surface area contributed by atoms with Gasteiger partial charge in [-0.15, -0.1) is 0 Å². The molecule has 1 aromatic carbocycles. The van der Waals surface area contributed by atoms with Crippen LogP contribution in [0.25, 0.3) is 22.2 Å². The largest absolute Gasteiger partial charge is 0.485 e. The standard InChI is InChI=1S/C22H19F3N6O/c1-12-3-5-17(31-30-12)13(2)29-22-16-7-14(18-6-4-15(23)9-26-18)8-19(32-10-20(24)25)21(16)27-11-28-22/h3-9,11,13,20H,10H2,1-2H3,(H,27,28,29)/t13-/m1/s1. The molecule has 0 unspecified atom stereocenters. The van der Waals surface area contributed by atoms with Gasteiger partial charge in [-0.3, -0.25) is 4.98 Å². The van der Waals surface area contributed by atoms with E-state index in [0.29, 0.717) is 33.7 Å². The molecule has 0 radical (unpaired) electrons. The van der Waals surface area contributed by atoms with Crippen LogP contribution in [0.5, 0.6) is 5.75 Å². The van der Waals surface area contributed by atoms with Crippen LogP contribution >= 0.6 is 0 Å². The molecule has 0 saturated carbocycles. The second kappa shape index (κ2) is 9.13. The van der Waals surface area contributed by atoms with Crippen molar-refractivity contribution in [3.8, 4) is 17.0 Å². The van der Waals surface area contributed by atoms with Gasteiger partial charge in [0, 0.05) is 10.9 Å². The van der Waals surface area contributed by atoms with Gasteiger partial charge in [-0.2, -0.15) is 10.2 Å². The Hall–Kier alpha value is -3.82. The number of aromatic nitrogens is 5. The molecule has 1 N–H and O–H groups in total. The zero-order chi connectivity index (χ0) is 22.7. The third-order valence-electron chi connectivity index (χ3n) is 4.71. The van der Waals surface area contributed by atoms with E-state index in [2.05, 4.69) is 30.5 Å². The molecular formula is C22H19F3N6O. The minimum atomic E-state index is -2.66. The average Bonchev–Trinajstić information content (AvgIpc) is 2.78. The number of hydrogen-bond acceptors (Lipinski definition) is 7. The first-order valence-corrected chi connectivity index (χ1v) is 9.79. The summed E-state index contributed by atoms with van der Waals surface area (Å²) >= 11 is 0. The first-order valence-electron chi connectivity index (χ1n) is 9.79. The second-order valence-electron chi connectivity index (χ2n) is 7.12. The van der Waals surface area contributed by atoms with Gasteiger partial charge in [0.2, 0.25) is 0 Å². The maximum Gasteiger partial charge on any atom is 0.272 e. The molecule has 0 fully saturated rings. The first kappa shape index (κ1) is 21.4. The fraction of sp³-hybridized carbons (Fsp3) is 0.227. The number of aryl methyl sites for hydroxylation is 1. The Morgan fingerprint density at radius 2 is 1.88 bits per heavy atom. The number of anilines is 1. The predicted molar refractivity (Wildman–Crippen MR) is 113 cm³/mol. The SMILES string of the molecule is Cc1ccc([C@@H](C)Nc2ncnc3c(OCC(F)F)cc(-c4ccc(F)cn4)cc23)nn1. The van der Waals surface area contributed by atoms with Crippen molar-refractivity contribution in [1.29, 1.82) is 0 Å². The average molecular weight is 440 g/mol. The highest BCUT2D eigenvalue weighted by atomic mass is 19.3.